The maximum atomic E-state index is 12.0. The lowest BCUT2D eigenvalue weighted by molar-refractivity contribution is 0.181. The van der Waals surface area contributed by atoms with Gasteiger partial charge in [0.2, 0.25) is 0 Å². The lowest BCUT2D eigenvalue weighted by atomic mass is 9.99. The summed E-state index contributed by atoms with van der Waals surface area (Å²) in [6.07, 6.45) is 6.28. The van der Waals surface area contributed by atoms with Crippen LogP contribution in [0.4, 0.5) is 4.79 Å². The number of carbonyl (C=O) groups is 1. The molecular formula is C16H31N3O. The number of amides is 2. The smallest absolute Gasteiger partial charge is 0.317 e. The number of rotatable bonds is 6. The van der Waals surface area contributed by atoms with Crippen molar-refractivity contribution in [3.8, 4) is 0 Å². The second kappa shape index (κ2) is 7.30. The molecule has 2 rings (SSSR count). The average Bonchev–Trinajstić information content (AvgIpc) is 3.28. The van der Waals surface area contributed by atoms with E-state index in [2.05, 4.69) is 24.1 Å². The lowest BCUT2D eigenvalue weighted by Crippen LogP contribution is -2.44. The molecule has 1 unspecified atom stereocenters. The van der Waals surface area contributed by atoms with Crippen molar-refractivity contribution in [3.63, 3.8) is 0 Å². The Morgan fingerprint density at radius 1 is 1.30 bits per heavy atom. The number of hydrogen-bond acceptors (Lipinski definition) is 2. The van der Waals surface area contributed by atoms with Gasteiger partial charge in [0.15, 0.2) is 0 Å². The quantitative estimate of drug-likeness (QED) is 0.760. The SMILES string of the molecule is CC1CCN(CCCNC(=O)N(C)C(C)C2CC2)CC1. The van der Waals surface area contributed by atoms with E-state index in [4.69, 9.17) is 0 Å². The molecule has 1 saturated heterocycles. The van der Waals surface area contributed by atoms with Crippen molar-refractivity contribution in [1.82, 2.24) is 15.1 Å². The first-order valence-electron chi connectivity index (χ1n) is 8.31. The summed E-state index contributed by atoms with van der Waals surface area (Å²) in [5.74, 6) is 1.63. The van der Waals surface area contributed by atoms with E-state index in [1.807, 2.05) is 11.9 Å². The van der Waals surface area contributed by atoms with Crippen LogP contribution in [0.15, 0.2) is 0 Å². The predicted molar refractivity (Wildman–Crippen MR) is 82.8 cm³/mol. The Labute approximate surface area is 123 Å². The second-order valence-electron chi connectivity index (χ2n) is 6.80. The Balaban J connectivity index is 1.55. The van der Waals surface area contributed by atoms with Crippen LogP contribution in [0.25, 0.3) is 0 Å². The van der Waals surface area contributed by atoms with Crippen LogP contribution >= 0.6 is 0 Å². The molecule has 1 saturated carbocycles. The molecule has 1 N–H and O–H groups in total. The summed E-state index contributed by atoms with van der Waals surface area (Å²) in [6, 6.07) is 0.482. The zero-order valence-corrected chi connectivity index (χ0v) is 13.4. The highest BCUT2D eigenvalue weighted by Gasteiger charge is 2.32. The van der Waals surface area contributed by atoms with Crippen LogP contribution in [0.3, 0.4) is 0 Å². The molecule has 116 valence electrons. The fourth-order valence-electron chi connectivity index (χ4n) is 2.99. The van der Waals surface area contributed by atoms with Gasteiger partial charge < -0.3 is 15.1 Å². The molecule has 1 heterocycles. The number of urea groups is 1. The van der Waals surface area contributed by atoms with Gasteiger partial charge in [0.25, 0.3) is 0 Å². The van der Waals surface area contributed by atoms with E-state index < -0.39 is 0 Å². The lowest BCUT2D eigenvalue weighted by Gasteiger charge is -2.30. The number of likely N-dealkylation sites (tertiary alicyclic amines) is 1. The standard InChI is InChI=1S/C16H31N3O/c1-13-7-11-19(12-8-13)10-4-9-17-16(20)18(3)14(2)15-5-6-15/h13-15H,4-12H2,1-3H3,(H,17,20). The molecule has 4 heteroatoms. The highest BCUT2D eigenvalue weighted by Crippen LogP contribution is 2.34. The molecule has 20 heavy (non-hydrogen) atoms. The third-order valence-electron chi connectivity index (χ3n) is 5.04. The fraction of sp³-hybridized carbons (Fsp3) is 0.938. The molecule has 0 aromatic heterocycles. The maximum Gasteiger partial charge on any atom is 0.317 e. The van der Waals surface area contributed by atoms with Gasteiger partial charge in [-0.3, -0.25) is 0 Å². The fourth-order valence-corrected chi connectivity index (χ4v) is 2.99. The van der Waals surface area contributed by atoms with Crippen LogP contribution in [-0.4, -0.2) is 55.1 Å². The van der Waals surface area contributed by atoms with Crippen LogP contribution in [0.5, 0.6) is 0 Å². The molecule has 2 amide bonds. The summed E-state index contributed by atoms with van der Waals surface area (Å²) in [4.78, 5) is 16.4. The van der Waals surface area contributed by atoms with E-state index in [1.54, 1.807) is 0 Å². The first kappa shape index (κ1) is 15.6. The van der Waals surface area contributed by atoms with Crippen molar-refractivity contribution in [2.24, 2.45) is 11.8 Å². The van der Waals surface area contributed by atoms with Crippen LogP contribution in [0.2, 0.25) is 0 Å². The topological polar surface area (TPSA) is 35.6 Å². The van der Waals surface area contributed by atoms with Crippen LogP contribution in [0.1, 0.15) is 46.0 Å². The minimum Gasteiger partial charge on any atom is -0.338 e. The Bertz CT molecular complexity index is 309. The van der Waals surface area contributed by atoms with Gasteiger partial charge in [-0.2, -0.15) is 0 Å². The van der Waals surface area contributed by atoms with Crippen molar-refractivity contribution in [2.75, 3.05) is 33.2 Å². The molecule has 0 bridgehead atoms. The van der Waals surface area contributed by atoms with Gasteiger partial charge in [-0.05, 0) is 70.5 Å². The Morgan fingerprint density at radius 2 is 1.95 bits per heavy atom. The molecule has 1 atom stereocenters. The summed E-state index contributed by atoms with van der Waals surface area (Å²) in [7, 11) is 1.92. The highest BCUT2D eigenvalue weighted by atomic mass is 16.2. The Kier molecular flexibility index (Phi) is 5.70. The first-order valence-corrected chi connectivity index (χ1v) is 8.31. The number of nitrogens with one attached hydrogen (secondary N) is 1. The number of carbonyl (C=O) groups excluding carboxylic acids is 1. The molecule has 2 aliphatic rings. The maximum absolute atomic E-state index is 12.0. The van der Waals surface area contributed by atoms with Gasteiger partial charge >= 0.3 is 6.03 Å². The molecular weight excluding hydrogens is 250 g/mol. The minimum absolute atomic E-state index is 0.0941. The van der Waals surface area contributed by atoms with E-state index in [0.717, 1.165) is 31.3 Å². The first-order chi connectivity index (χ1) is 9.58. The molecule has 0 aromatic carbocycles. The van der Waals surface area contributed by atoms with E-state index >= 15 is 0 Å². The summed E-state index contributed by atoms with van der Waals surface area (Å²) < 4.78 is 0. The summed E-state index contributed by atoms with van der Waals surface area (Å²) in [6.45, 7) is 8.88. The van der Waals surface area contributed by atoms with Gasteiger partial charge in [-0.15, -0.1) is 0 Å². The van der Waals surface area contributed by atoms with Crippen molar-refractivity contribution in [3.05, 3.63) is 0 Å². The van der Waals surface area contributed by atoms with Crippen molar-refractivity contribution < 1.29 is 4.79 Å². The predicted octanol–water partition coefficient (Wildman–Crippen LogP) is 2.55. The zero-order chi connectivity index (χ0) is 14.5. The second-order valence-corrected chi connectivity index (χ2v) is 6.80. The third-order valence-corrected chi connectivity index (χ3v) is 5.04. The Hall–Kier alpha value is -0.770. The Morgan fingerprint density at radius 3 is 2.55 bits per heavy atom. The highest BCUT2D eigenvalue weighted by molar-refractivity contribution is 5.74. The number of hydrogen-bond donors (Lipinski definition) is 1. The van der Waals surface area contributed by atoms with Crippen molar-refractivity contribution in [2.45, 2.75) is 52.0 Å². The van der Waals surface area contributed by atoms with E-state index in [-0.39, 0.29) is 6.03 Å². The summed E-state index contributed by atoms with van der Waals surface area (Å²) in [5.41, 5.74) is 0. The van der Waals surface area contributed by atoms with E-state index in [1.165, 1.54) is 38.8 Å². The van der Waals surface area contributed by atoms with Crippen LogP contribution < -0.4 is 5.32 Å². The molecule has 2 fully saturated rings. The zero-order valence-electron chi connectivity index (χ0n) is 13.4. The largest absolute Gasteiger partial charge is 0.338 e. The van der Waals surface area contributed by atoms with E-state index in [0.29, 0.717) is 6.04 Å². The van der Waals surface area contributed by atoms with E-state index in [9.17, 15) is 4.79 Å². The monoisotopic (exact) mass is 281 g/mol. The number of piperidine rings is 1. The van der Waals surface area contributed by atoms with Gasteiger partial charge in [-0.1, -0.05) is 6.92 Å². The average molecular weight is 281 g/mol. The molecule has 0 spiro atoms. The van der Waals surface area contributed by atoms with Gasteiger partial charge in [0.05, 0.1) is 0 Å². The van der Waals surface area contributed by atoms with Crippen LogP contribution in [-0.2, 0) is 0 Å². The van der Waals surface area contributed by atoms with Crippen molar-refractivity contribution in [1.29, 1.82) is 0 Å². The summed E-state index contributed by atoms with van der Waals surface area (Å²) >= 11 is 0. The molecule has 0 radical (unpaired) electrons. The molecule has 1 aliphatic heterocycles. The van der Waals surface area contributed by atoms with Gasteiger partial charge in [0, 0.05) is 19.6 Å². The third kappa shape index (κ3) is 4.65. The number of nitrogens with zero attached hydrogens (tertiary/aromatic N) is 2. The van der Waals surface area contributed by atoms with Crippen molar-refractivity contribution >= 4 is 6.03 Å². The summed E-state index contributed by atoms with van der Waals surface area (Å²) in [5, 5.41) is 3.05. The van der Waals surface area contributed by atoms with Crippen LogP contribution in [0, 0.1) is 11.8 Å². The molecule has 0 aromatic rings. The normalized spacial score (nSPS) is 22.6. The minimum atomic E-state index is 0.0941. The van der Waals surface area contributed by atoms with Gasteiger partial charge in [-0.25, -0.2) is 4.79 Å². The van der Waals surface area contributed by atoms with Gasteiger partial charge in [0.1, 0.15) is 0 Å². The molecule has 1 aliphatic carbocycles. The molecule has 4 nitrogen and oxygen atoms in total.